The molecule has 0 aliphatic carbocycles. The van der Waals surface area contributed by atoms with Crippen molar-refractivity contribution >= 4 is 0 Å². The van der Waals surface area contributed by atoms with Gasteiger partial charge in [-0.3, -0.25) is 4.90 Å². The zero-order chi connectivity index (χ0) is 15.2. The second-order valence-corrected chi connectivity index (χ2v) is 6.19. The number of benzene rings is 1. The molecular weight excluding hydrogens is 260 g/mol. The van der Waals surface area contributed by atoms with Crippen molar-refractivity contribution < 1.29 is 4.74 Å². The van der Waals surface area contributed by atoms with E-state index in [1.807, 2.05) is 7.11 Å². The van der Waals surface area contributed by atoms with Gasteiger partial charge in [0.1, 0.15) is 0 Å². The average Bonchev–Trinajstić information content (AvgIpc) is 2.54. The standard InChI is InChI=1S/C18H30N2O/c1-5-16(18(19-3)15-9-7-6-8-10-15)20-12-11-14(2)17(13-20)21-4/h6-10,14,16-19H,5,11-13H2,1-4H3. The number of nitrogens with one attached hydrogen (secondary N) is 1. The number of hydrogen-bond donors (Lipinski definition) is 1. The van der Waals surface area contributed by atoms with Crippen LogP contribution in [0.4, 0.5) is 0 Å². The molecule has 0 radical (unpaired) electrons. The van der Waals surface area contributed by atoms with E-state index >= 15 is 0 Å². The molecule has 2 rings (SSSR count). The second kappa shape index (κ2) is 7.92. The third kappa shape index (κ3) is 3.85. The fourth-order valence-electron chi connectivity index (χ4n) is 3.61. The second-order valence-electron chi connectivity index (χ2n) is 6.19. The first-order chi connectivity index (χ1) is 10.2. The Labute approximate surface area is 129 Å². The molecule has 1 aromatic rings. The molecule has 1 fully saturated rings. The van der Waals surface area contributed by atoms with Crippen LogP contribution in [0.2, 0.25) is 0 Å². The van der Waals surface area contributed by atoms with Gasteiger partial charge in [-0.05, 0) is 37.9 Å². The van der Waals surface area contributed by atoms with Gasteiger partial charge in [0, 0.05) is 25.7 Å². The fourth-order valence-corrected chi connectivity index (χ4v) is 3.61. The van der Waals surface area contributed by atoms with Gasteiger partial charge in [-0.2, -0.15) is 0 Å². The highest BCUT2D eigenvalue weighted by Crippen LogP contribution is 2.28. The Bertz CT molecular complexity index is 409. The molecule has 21 heavy (non-hydrogen) atoms. The lowest BCUT2D eigenvalue weighted by Gasteiger charge is -2.43. The summed E-state index contributed by atoms with van der Waals surface area (Å²) in [7, 11) is 3.92. The van der Waals surface area contributed by atoms with Crippen molar-refractivity contribution in [3.05, 3.63) is 35.9 Å². The minimum absolute atomic E-state index is 0.362. The van der Waals surface area contributed by atoms with Crippen LogP contribution in [0.3, 0.4) is 0 Å². The van der Waals surface area contributed by atoms with Gasteiger partial charge < -0.3 is 10.1 Å². The molecule has 1 N–H and O–H groups in total. The van der Waals surface area contributed by atoms with Gasteiger partial charge in [0.25, 0.3) is 0 Å². The Morgan fingerprint density at radius 2 is 2.05 bits per heavy atom. The molecule has 4 unspecified atom stereocenters. The molecule has 0 bridgehead atoms. The van der Waals surface area contributed by atoms with E-state index in [0.29, 0.717) is 24.1 Å². The molecule has 1 aliphatic rings. The number of ether oxygens (including phenoxy) is 1. The number of nitrogens with zero attached hydrogens (tertiary/aromatic N) is 1. The highest BCUT2D eigenvalue weighted by Gasteiger charge is 2.33. The van der Waals surface area contributed by atoms with E-state index in [2.05, 4.69) is 61.4 Å². The molecule has 1 saturated heterocycles. The van der Waals surface area contributed by atoms with Crippen molar-refractivity contribution in [2.75, 3.05) is 27.2 Å². The first-order valence-electron chi connectivity index (χ1n) is 8.20. The van der Waals surface area contributed by atoms with Gasteiger partial charge in [-0.15, -0.1) is 0 Å². The number of hydrogen-bond acceptors (Lipinski definition) is 3. The highest BCUT2D eigenvalue weighted by atomic mass is 16.5. The van der Waals surface area contributed by atoms with Gasteiger partial charge in [0.2, 0.25) is 0 Å². The van der Waals surface area contributed by atoms with E-state index in [4.69, 9.17) is 4.74 Å². The minimum atomic E-state index is 0.362. The van der Waals surface area contributed by atoms with Crippen LogP contribution in [-0.2, 0) is 4.74 Å². The summed E-state index contributed by atoms with van der Waals surface area (Å²) in [6, 6.07) is 11.7. The normalized spacial score (nSPS) is 26.5. The fraction of sp³-hybridized carbons (Fsp3) is 0.667. The molecule has 118 valence electrons. The molecule has 3 heteroatoms. The third-order valence-corrected chi connectivity index (χ3v) is 4.97. The Hall–Kier alpha value is -0.900. The first kappa shape index (κ1) is 16.5. The summed E-state index contributed by atoms with van der Waals surface area (Å²) in [6.45, 7) is 6.81. The average molecular weight is 290 g/mol. The summed E-state index contributed by atoms with van der Waals surface area (Å²) in [4.78, 5) is 2.61. The number of likely N-dealkylation sites (N-methyl/N-ethyl adjacent to an activating group) is 1. The maximum absolute atomic E-state index is 5.69. The van der Waals surface area contributed by atoms with E-state index in [-0.39, 0.29) is 0 Å². The largest absolute Gasteiger partial charge is 0.380 e. The predicted molar refractivity (Wildman–Crippen MR) is 88.5 cm³/mol. The van der Waals surface area contributed by atoms with Crippen molar-refractivity contribution in [3.8, 4) is 0 Å². The van der Waals surface area contributed by atoms with Crippen LogP contribution >= 0.6 is 0 Å². The number of likely N-dealkylation sites (tertiary alicyclic amines) is 1. The third-order valence-electron chi connectivity index (χ3n) is 4.97. The Kier molecular flexibility index (Phi) is 6.22. The van der Waals surface area contributed by atoms with Gasteiger partial charge in [-0.1, -0.05) is 44.2 Å². The number of rotatable bonds is 6. The lowest BCUT2D eigenvalue weighted by Crippen LogP contribution is -2.52. The summed E-state index contributed by atoms with van der Waals surface area (Å²) >= 11 is 0. The zero-order valence-electron chi connectivity index (χ0n) is 13.9. The highest BCUT2D eigenvalue weighted by molar-refractivity contribution is 5.20. The summed E-state index contributed by atoms with van der Waals surface area (Å²) < 4.78 is 5.69. The molecule has 0 amide bonds. The molecule has 3 nitrogen and oxygen atoms in total. The van der Waals surface area contributed by atoms with Gasteiger partial charge in [0.15, 0.2) is 0 Å². The van der Waals surface area contributed by atoms with Crippen molar-refractivity contribution in [2.45, 2.75) is 44.9 Å². The zero-order valence-corrected chi connectivity index (χ0v) is 13.9. The molecule has 1 aliphatic heterocycles. The summed E-state index contributed by atoms with van der Waals surface area (Å²) in [5, 5.41) is 3.53. The van der Waals surface area contributed by atoms with Gasteiger partial charge in [-0.25, -0.2) is 0 Å². The maximum atomic E-state index is 5.69. The molecular formula is C18H30N2O. The van der Waals surface area contributed by atoms with Gasteiger partial charge in [0.05, 0.1) is 6.10 Å². The van der Waals surface area contributed by atoms with E-state index in [0.717, 1.165) is 13.0 Å². The molecule has 4 atom stereocenters. The van der Waals surface area contributed by atoms with E-state index < -0.39 is 0 Å². The van der Waals surface area contributed by atoms with Crippen LogP contribution in [-0.4, -0.2) is 44.3 Å². The molecule has 0 aromatic heterocycles. The van der Waals surface area contributed by atoms with Crippen LogP contribution in [0, 0.1) is 5.92 Å². The summed E-state index contributed by atoms with van der Waals surface area (Å²) in [6.07, 6.45) is 2.73. The SMILES string of the molecule is CCC(C(NC)c1ccccc1)N1CCC(C)C(OC)C1. The van der Waals surface area contributed by atoms with Crippen LogP contribution in [0.5, 0.6) is 0 Å². The number of methoxy groups -OCH3 is 1. The Morgan fingerprint density at radius 3 is 2.62 bits per heavy atom. The Morgan fingerprint density at radius 1 is 1.33 bits per heavy atom. The maximum Gasteiger partial charge on any atom is 0.0724 e. The van der Waals surface area contributed by atoms with Crippen LogP contribution in [0.15, 0.2) is 30.3 Å². The lowest BCUT2D eigenvalue weighted by atomic mass is 9.90. The van der Waals surface area contributed by atoms with E-state index in [9.17, 15) is 0 Å². The molecule has 0 saturated carbocycles. The van der Waals surface area contributed by atoms with Crippen molar-refractivity contribution in [1.29, 1.82) is 0 Å². The quantitative estimate of drug-likeness (QED) is 0.871. The van der Waals surface area contributed by atoms with Gasteiger partial charge >= 0.3 is 0 Å². The van der Waals surface area contributed by atoms with Crippen molar-refractivity contribution in [1.82, 2.24) is 10.2 Å². The van der Waals surface area contributed by atoms with Crippen molar-refractivity contribution in [3.63, 3.8) is 0 Å². The Balaban J connectivity index is 2.14. The smallest absolute Gasteiger partial charge is 0.0724 e. The van der Waals surface area contributed by atoms with Crippen LogP contribution in [0.25, 0.3) is 0 Å². The van der Waals surface area contributed by atoms with E-state index in [1.54, 1.807) is 0 Å². The molecule has 1 aromatic carbocycles. The monoisotopic (exact) mass is 290 g/mol. The molecule has 0 spiro atoms. The minimum Gasteiger partial charge on any atom is -0.380 e. The molecule has 1 heterocycles. The topological polar surface area (TPSA) is 24.5 Å². The van der Waals surface area contributed by atoms with E-state index in [1.165, 1.54) is 18.5 Å². The summed E-state index contributed by atoms with van der Waals surface area (Å²) in [5.74, 6) is 0.661. The lowest BCUT2D eigenvalue weighted by molar-refractivity contribution is -0.0250. The summed E-state index contributed by atoms with van der Waals surface area (Å²) in [5.41, 5.74) is 1.37. The van der Waals surface area contributed by atoms with Crippen LogP contribution < -0.4 is 5.32 Å². The van der Waals surface area contributed by atoms with Crippen LogP contribution in [0.1, 0.15) is 38.3 Å². The predicted octanol–water partition coefficient (Wildman–Crippen LogP) is 3.08. The number of piperidine rings is 1. The van der Waals surface area contributed by atoms with Crippen molar-refractivity contribution in [2.24, 2.45) is 5.92 Å². The first-order valence-corrected chi connectivity index (χ1v) is 8.20.